The average molecular weight is 305 g/mol. The number of pyridine rings is 1. The van der Waals surface area contributed by atoms with Crippen molar-refractivity contribution in [2.75, 3.05) is 0 Å². The average Bonchev–Trinajstić information content (AvgIpc) is 2.93. The Morgan fingerprint density at radius 1 is 0.727 bits per heavy atom. The van der Waals surface area contributed by atoms with Gasteiger partial charge in [0, 0.05) is 11.8 Å². The quantitative estimate of drug-likeness (QED) is 0.490. The number of imidazole rings is 1. The lowest BCUT2D eigenvalue weighted by Gasteiger charge is -2.04. The molecule has 3 heteroatoms. The van der Waals surface area contributed by atoms with E-state index in [1.807, 2.05) is 59.1 Å². The van der Waals surface area contributed by atoms with E-state index in [1.165, 1.54) is 5.56 Å². The minimum absolute atomic E-state index is 0.640. The normalized spacial score (nSPS) is 11.0. The molecule has 2 aromatic heterocycles. The zero-order valence-corrected chi connectivity index (χ0v) is 12.5. The third-order valence-corrected chi connectivity index (χ3v) is 4.08. The van der Waals surface area contributed by atoms with Crippen LogP contribution in [-0.2, 0) is 0 Å². The van der Waals surface area contributed by atoms with Gasteiger partial charge in [0.05, 0.1) is 0 Å². The van der Waals surface area contributed by atoms with E-state index in [-0.39, 0.29) is 0 Å². The number of hydrogen-bond donors (Lipinski definition) is 0. The maximum atomic E-state index is 6.49. The van der Waals surface area contributed by atoms with Crippen molar-refractivity contribution in [1.29, 1.82) is 0 Å². The summed E-state index contributed by atoms with van der Waals surface area (Å²) in [6.45, 7) is 0. The van der Waals surface area contributed by atoms with Crippen LogP contribution in [0.4, 0.5) is 0 Å². The molecule has 0 saturated heterocycles. The number of hydrogen-bond acceptors (Lipinski definition) is 1. The Labute approximate surface area is 133 Å². The minimum Gasteiger partial charge on any atom is -0.290 e. The molecule has 4 rings (SSSR count). The zero-order chi connectivity index (χ0) is 14.9. The summed E-state index contributed by atoms with van der Waals surface area (Å²) >= 11 is 6.49. The summed E-state index contributed by atoms with van der Waals surface area (Å²) in [5, 5.41) is 0.640. The number of aromatic nitrogens is 2. The van der Waals surface area contributed by atoms with Gasteiger partial charge in [0.1, 0.15) is 16.5 Å². The van der Waals surface area contributed by atoms with Crippen molar-refractivity contribution in [3.05, 3.63) is 84.1 Å². The highest BCUT2D eigenvalue weighted by atomic mass is 35.5. The minimum atomic E-state index is 0.640. The number of halogens is 1. The first kappa shape index (κ1) is 13.1. The molecule has 0 aliphatic rings. The SMILES string of the molecule is Clc1c(-c2cccc(-c3ccccc3)c2)nc2ccccn12. The van der Waals surface area contributed by atoms with E-state index in [0.717, 1.165) is 22.5 Å². The molecule has 2 heterocycles. The molecule has 22 heavy (non-hydrogen) atoms. The molecule has 106 valence electrons. The van der Waals surface area contributed by atoms with Crippen LogP contribution < -0.4 is 0 Å². The van der Waals surface area contributed by atoms with E-state index in [0.29, 0.717) is 5.15 Å². The van der Waals surface area contributed by atoms with Gasteiger partial charge in [0.15, 0.2) is 0 Å². The van der Waals surface area contributed by atoms with Crippen molar-refractivity contribution >= 4 is 17.2 Å². The summed E-state index contributed by atoms with van der Waals surface area (Å²) < 4.78 is 1.89. The van der Waals surface area contributed by atoms with Gasteiger partial charge in [-0.15, -0.1) is 0 Å². The highest BCUT2D eigenvalue weighted by molar-refractivity contribution is 6.32. The number of rotatable bonds is 2. The van der Waals surface area contributed by atoms with Crippen LogP contribution in [-0.4, -0.2) is 9.38 Å². The molecule has 0 unspecified atom stereocenters. The maximum Gasteiger partial charge on any atom is 0.141 e. The smallest absolute Gasteiger partial charge is 0.141 e. The van der Waals surface area contributed by atoms with E-state index in [2.05, 4.69) is 29.2 Å². The second-order valence-corrected chi connectivity index (χ2v) is 5.48. The Morgan fingerprint density at radius 3 is 2.27 bits per heavy atom. The van der Waals surface area contributed by atoms with Crippen LogP contribution >= 0.6 is 11.6 Å². The van der Waals surface area contributed by atoms with Crippen molar-refractivity contribution < 1.29 is 0 Å². The molecule has 0 radical (unpaired) electrons. The van der Waals surface area contributed by atoms with Gasteiger partial charge in [0.2, 0.25) is 0 Å². The highest BCUT2D eigenvalue weighted by Crippen LogP contribution is 2.31. The van der Waals surface area contributed by atoms with Crippen LogP contribution in [0.1, 0.15) is 0 Å². The van der Waals surface area contributed by atoms with Crippen LogP contribution in [0.15, 0.2) is 79.0 Å². The summed E-state index contributed by atoms with van der Waals surface area (Å²) in [5.41, 5.74) is 5.03. The Balaban J connectivity index is 1.87. The van der Waals surface area contributed by atoms with Crippen molar-refractivity contribution in [3.63, 3.8) is 0 Å². The Bertz CT molecular complexity index is 942. The van der Waals surface area contributed by atoms with Gasteiger partial charge < -0.3 is 0 Å². The zero-order valence-electron chi connectivity index (χ0n) is 11.8. The molecule has 0 aliphatic heterocycles. The molecule has 0 aliphatic carbocycles. The number of benzene rings is 2. The molecule has 0 amide bonds. The van der Waals surface area contributed by atoms with E-state index >= 15 is 0 Å². The molecule has 0 spiro atoms. The second kappa shape index (κ2) is 5.32. The predicted octanol–water partition coefficient (Wildman–Crippen LogP) is 5.32. The van der Waals surface area contributed by atoms with Crippen LogP contribution in [0.2, 0.25) is 5.15 Å². The maximum absolute atomic E-state index is 6.49. The Kier molecular flexibility index (Phi) is 3.17. The topological polar surface area (TPSA) is 17.3 Å². The number of fused-ring (bicyclic) bond motifs is 1. The lowest BCUT2D eigenvalue weighted by molar-refractivity contribution is 1.19. The first-order valence-corrected chi connectivity index (χ1v) is 7.49. The lowest BCUT2D eigenvalue weighted by Crippen LogP contribution is -1.83. The molecule has 2 aromatic carbocycles. The molecular formula is C19H13ClN2. The van der Waals surface area contributed by atoms with E-state index in [9.17, 15) is 0 Å². The van der Waals surface area contributed by atoms with Gasteiger partial charge in [-0.2, -0.15) is 0 Å². The van der Waals surface area contributed by atoms with Gasteiger partial charge >= 0.3 is 0 Å². The molecule has 0 bridgehead atoms. The first-order valence-electron chi connectivity index (χ1n) is 7.11. The van der Waals surface area contributed by atoms with Gasteiger partial charge in [-0.05, 0) is 29.3 Å². The summed E-state index contributed by atoms with van der Waals surface area (Å²) in [7, 11) is 0. The fourth-order valence-electron chi connectivity index (χ4n) is 2.63. The molecule has 0 N–H and O–H groups in total. The second-order valence-electron chi connectivity index (χ2n) is 5.13. The molecule has 4 aromatic rings. The molecule has 2 nitrogen and oxygen atoms in total. The third kappa shape index (κ3) is 2.18. The fourth-order valence-corrected chi connectivity index (χ4v) is 2.92. The highest BCUT2D eigenvalue weighted by Gasteiger charge is 2.12. The van der Waals surface area contributed by atoms with Gasteiger partial charge in [-0.1, -0.05) is 66.2 Å². The Morgan fingerprint density at radius 2 is 1.45 bits per heavy atom. The molecule has 0 fully saturated rings. The van der Waals surface area contributed by atoms with E-state index in [4.69, 9.17) is 11.6 Å². The summed E-state index contributed by atoms with van der Waals surface area (Å²) in [5.74, 6) is 0. The van der Waals surface area contributed by atoms with Crippen LogP contribution in [0.5, 0.6) is 0 Å². The van der Waals surface area contributed by atoms with E-state index < -0.39 is 0 Å². The van der Waals surface area contributed by atoms with Crippen molar-refractivity contribution in [3.8, 4) is 22.4 Å². The van der Waals surface area contributed by atoms with Crippen molar-refractivity contribution in [2.45, 2.75) is 0 Å². The van der Waals surface area contributed by atoms with Crippen molar-refractivity contribution in [1.82, 2.24) is 9.38 Å². The fraction of sp³-hybridized carbons (Fsp3) is 0. The van der Waals surface area contributed by atoms with Gasteiger partial charge in [0.25, 0.3) is 0 Å². The lowest BCUT2D eigenvalue weighted by atomic mass is 10.0. The predicted molar refractivity (Wildman–Crippen MR) is 91.1 cm³/mol. The largest absolute Gasteiger partial charge is 0.290 e. The molecule has 0 saturated carbocycles. The van der Waals surface area contributed by atoms with Gasteiger partial charge in [-0.25, -0.2) is 4.98 Å². The summed E-state index contributed by atoms with van der Waals surface area (Å²) in [4.78, 5) is 4.65. The van der Waals surface area contributed by atoms with Gasteiger partial charge in [-0.3, -0.25) is 4.40 Å². The molecule has 0 atom stereocenters. The van der Waals surface area contributed by atoms with E-state index in [1.54, 1.807) is 0 Å². The van der Waals surface area contributed by atoms with Crippen LogP contribution in [0.3, 0.4) is 0 Å². The summed E-state index contributed by atoms with van der Waals surface area (Å²) in [6.07, 6.45) is 1.93. The summed E-state index contributed by atoms with van der Waals surface area (Å²) in [6, 6.07) is 24.5. The monoisotopic (exact) mass is 304 g/mol. The van der Waals surface area contributed by atoms with Crippen LogP contribution in [0.25, 0.3) is 28.0 Å². The number of nitrogens with zero attached hydrogens (tertiary/aromatic N) is 2. The Hall–Kier alpha value is -2.58. The first-order chi connectivity index (χ1) is 10.8. The standard InChI is InChI=1S/C19H13ClN2/c20-19-18(21-17-11-4-5-12-22(17)19)16-10-6-9-15(13-16)14-7-2-1-3-8-14/h1-13H. The molecular weight excluding hydrogens is 292 g/mol. The van der Waals surface area contributed by atoms with Crippen molar-refractivity contribution in [2.24, 2.45) is 0 Å². The third-order valence-electron chi connectivity index (χ3n) is 3.71. The van der Waals surface area contributed by atoms with Crippen LogP contribution in [0, 0.1) is 0 Å².